The number of alkyl halides is 3. The number of hydrogen-bond acceptors (Lipinski definition) is 4. The molecule has 0 aliphatic rings. The van der Waals surface area contributed by atoms with Crippen LogP contribution in [0.4, 0.5) is 13.2 Å². The first-order valence-electron chi connectivity index (χ1n) is 9.70. The van der Waals surface area contributed by atoms with Gasteiger partial charge in [0.2, 0.25) is 0 Å². The number of nitrogens with zero attached hydrogens (tertiary/aromatic N) is 6. The second-order valence-electron chi connectivity index (χ2n) is 7.60. The Morgan fingerprint density at radius 3 is 2.31 bits per heavy atom. The molecule has 0 N–H and O–H groups in total. The fraction of sp³-hybridized carbons (Fsp3) is 0.182. The average Bonchev–Trinajstić information content (AvgIpc) is 3.22. The number of hydrogen-bond donors (Lipinski definition) is 0. The predicted molar refractivity (Wildman–Crippen MR) is 114 cm³/mol. The second-order valence-corrected chi connectivity index (χ2v) is 7.60. The Labute approximate surface area is 179 Å². The summed E-state index contributed by atoms with van der Waals surface area (Å²) in [5.41, 5.74) is 2.68. The summed E-state index contributed by atoms with van der Waals surface area (Å²) >= 11 is 0. The average molecular weight is 438 g/mol. The van der Waals surface area contributed by atoms with Crippen LogP contribution in [0.3, 0.4) is 0 Å². The van der Waals surface area contributed by atoms with Gasteiger partial charge in [0.1, 0.15) is 11.5 Å². The maximum atomic E-state index is 13.1. The van der Waals surface area contributed by atoms with Crippen LogP contribution in [0.15, 0.2) is 53.6 Å². The van der Waals surface area contributed by atoms with Crippen molar-refractivity contribution in [2.45, 2.75) is 13.1 Å². The second kappa shape index (κ2) is 6.78. The van der Waals surface area contributed by atoms with Crippen molar-refractivity contribution >= 4 is 21.9 Å². The Morgan fingerprint density at radius 1 is 0.938 bits per heavy atom. The van der Waals surface area contributed by atoms with Crippen LogP contribution in [0.1, 0.15) is 11.4 Å². The highest BCUT2D eigenvalue weighted by atomic mass is 19.4. The number of benzene rings is 1. The molecular formula is C22H17F3N6O. The minimum Gasteiger partial charge on any atom is -0.293 e. The van der Waals surface area contributed by atoms with Crippen molar-refractivity contribution in [2.24, 2.45) is 14.1 Å². The van der Waals surface area contributed by atoms with E-state index in [-0.39, 0.29) is 5.69 Å². The van der Waals surface area contributed by atoms with Crippen molar-refractivity contribution in [3.63, 3.8) is 0 Å². The van der Waals surface area contributed by atoms with Crippen LogP contribution >= 0.6 is 0 Å². The molecule has 0 radical (unpaired) electrons. The lowest BCUT2D eigenvalue weighted by Gasteiger charge is -2.09. The standard InChI is InChI=1S/C22H17F3N6O/c1-12-8-19(30(3)28-12)31-20-15-9-13(14-5-7-18(27-10-14)22(23,24)25)4-6-16(15)26-11-17(20)29(2)21(31)32/h4-11H,1-3H3. The molecule has 0 aliphatic carbocycles. The van der Waals surface area contributed by atoms with E-state index in [4.69, 9.17) is 0 Å². The summed E-state index contributed by atoms with van der Waals surface area (Å²) in [7, 11) is 3.43. The molecular weight excluding hydrogens is 421 g/mol. The van der Waals surface area contributed by atoms with Crippen molar-refractivity contribution in [3.8, 4) is 16.9 Å². The van der Waals surface area contributed by atoms with E-state index in [1.165, 1.54) is 16.8 Å². The largest absolute Gasteiger partial charge is 0.433 e. The van der Waals surface area contributed by atoms with Crippen LogP contribution in [0.25, 0.3) is 38.9 Å². The zero-order chi connectivity index (χ0) is 22.8. The minimum atomic E-state index is -4.50. The van der Waals surface area contributed by atoms with Gasteiger partial charge in [0.05, 0.1) is 28.4 Å². The van der Waals surface area contributed by atoms with Gasteiger partial charge in [0.25, 0.3) is 0 Å². The van der Waals surface area contributed by atoms with E-state index < -0.39 is 11.9 Å². The summed E-state index contributed by atoms with van der Waals surface area (Å²) in [4.78, 5) is 21.1. The molecule has 32 heavy (non-hydrogen) atoms. The van der Waals surface area contributed by atoms with Crippen LogP contribution in [0.5, 0.6) is 0 Å². The lowest BCUT2D eigenvalue weighted by Crippen LogP contribution is -2.22. The van der Waals surface area contributed by atoms with Gasteiger partial charge in [0.15, 0.2) is 0 Å². The quantitative estimate of drug-likeness (QED) is 0.418. The molecule has 5 aromatic rings. The number of halogens is 3. The molecule has 0 saturated heterocycles. The number of aryl methyl sites for hydroxylation is 3. The van der Waals surface area contributed by atoms with Gasteiger partial charge in [-0.25, -0.2) is 9.36 Å². The first-order chi connectivity index (χ1) is 15.1. The Bertz CT molecular complexity index is 1560. The summed E-state index contributed by atoms with van der Waals surface area (Å²) in [6.07, 6.45) is -1.67. The highest BCUT2D eigenvalue weighted by Gasteiger charge is 2.32. The van der Waals surface area contributed by atoms with Gasteiger partial charge in [-0.2, -0.15) is 18.3 Å². The Hall–Kier alpha value is -3.95. The van der Waals surface area contributed by atoms with Crippen molar-refractivity contribution in [2.75, 3.05) is 0 Å². The molecule has 0 atom stereocenters. The number of rotatable bonds is 2. The highest BCUT2D eigenvalue weighted by molar-refractivity contribution is 6.04. The predicted octanol–water partition coefficient (Wildman–Crippen LogP) is 4.00. The van der Waals surface area contributed by atoms with E-state index in [2.05, 4.69) is 15.1 Å². The Morgan fingerprint density at radius 2 is 1.69 bits per heavy atom. The number of pyridine rings is 2. The summed E-state index contributed by atoms with van der Waals surface area (Å²) in [5, 5.41) is 5.04. The smallest absolute Gasteiger partial charge is 0.293 e. The minimum absolute atomic E-state index is 0.251. The van der Waals surface area contributed by atoms with Gasteiger partial charge in [-0.3, -0.25) is 19.2 Å². The fourth-order valence-electron chi connectivity index (χ4n) is 3.93. The summed E-state index contributed by atoms with van der Waals surface area (Å²) in [6.45, 7) is 1.84. The molecule has 0 fully saturated rings. The normalized spacial score (nSPS) is 12.2. The molecule has 0 aliphatic heterocycles. The first kappa shape index (κ1) is 20.0. The van der Waals surface area contributed by atoms with E-state index in [1.54, 1.807) is 41.7 Å². The van der Waals surface area contributed by atoms with E-state index in [1.807, 2.05) is 19.1 Å². The van der Waals surface area contributed by atoms with Crippen molar-refractivity contribution < 1.29 is 13.2 Å². The molecule has 0 bridgehead atoms. The maximum Gasteiger partial charge on any atom is 0.433 e. The molecule has 0 amide bonds. The summed E-state index contributed by atoms with van der Waals surface area (Å²) in [6, 6.07) is 9.51. The van der Waals surface area contributed by atoms with E-state index >= 15 is 0 Å². The summed E-state index contributed by atoms with van der Waals surface area (Å²) in [5.74, 6) is 0.604. The molecule has 4 aromatic heterocycles. The zero-order valence-corrected chi connectivity index (χ0v) is 17.3. The first-order valence-corrected chi connectivity index (χ1v) is 9.70. The SMILES string of the molecule is Cc1cc(-n2c(=O)n(C)c3cnc4ccc(-c5ccc(C(F)(F)F)nc5)cc4c32)n(C)n1. The lowest BCUT2D eigenvalue weighted by molar-refractivity contribution is -0.141. The molecule has 10 heteroatoms. The van der Waals surface area contributed by atoms with Crippen LogP contribution in [-0.4, -0.2) is 28.9 Å². The van der Waals surface area contributed by atoms with Crippen molar-refractivity contribution in [3.05, 3.63) is 70.7 Å². The highest BCUT2D eigenvalue weighted by Crippen LogP contribution is 2.32. The van der Waals surface area contributed by atoms with Crippen molar-refractivity contribution in [1.82, 2.24) is 28.9 Å². The fourth-order valence-corrected chi connectivity index (χ4v) is 3.93. The number of fused-ring (bicyclic) bond motifs is 3. The van der Waals surface area contributed by atoms with Gasteiger partial charge in [-0.1, -0.05) is 12.1 Å². The molecule has 4 heterocycles. The third-order valence-corrected chi connectivity index (χ3v) is 5.48. The van der Waals surface area contributed by atoms with Gasteiger partial charge < -0.3 is 0 Å². The van der Waals surface area contributed by atoms with Gasteiger partial charge in [-0.05, 0) is 30.7 Å². The van der Waals surface area contributed by atoms with Crippen LogP contribution in [0, 0.1) is 6.92 Å². The monoisotopic (exact) mass is 438 g/mol. The molecule has 0 spiro atoms. The Balaban J connectivity index is 1.79. The van der Waals surface area contributed by atoms with Crippen LogP contribution < -0.4 is 5.69 Å². The van der Waals surface area contributed by atoms with Gasteiger partial charge in [0, 0.05) is 37.3 Å². The molecule has 0 unspecified atom stereocenters. The van der Waals surface area contributed by atoms with Gasteiger partial charge in [-0.15, -0.1) is 0 Å². The van der Waals surface area contributed by atoms with E-state index in [9.17, 15) is 18.0 Å². The third-order valence-electron chi connectivity index (χ3n) is 5.48. The lowest BCUT2D eigenvalue weighted by atomic mass is 10.0. The molecule has 5 rings (SSSR count). The van der Waals surface area contributed by atoms with E-state index in [0.717, 1.165) is 11.8 Å². The molecule has 7 nitrogen and oxygen atoms in total. The molecule has 162 valence electrons. The topological polar surface area (TPSA) is 70.5 Å². The maximum absolute atomic E-state index is 13.1. The van der Waals surface area contributed by atoms with Crippen molar-refractivity contribution in [1.29, 1.82) is 0 Å². The number of imidazole rings is 1. The van der Waals surface area contributed by atoms with Crippen LogP contribution in [-0.2, 0) is 20.3 Å². The number of aromatic nitrogens is 6. The summed E-state index contributed by atoms with van der Waals surface area (Å²) < 4.78 is 43.3. The van der Waals surface area contributed by atoms with E-state index in [0.29, 0.717) is 38.9 Å². The van der Waals surface area contributed by atoms with Gasteiger partial charge >= 0.3 is 11.9 Å². The Kier molecular flexibility index (Phi) is 4.23. The molecule has 0 saturated carbocycles. The van der Waals surface area contributed by atoms with Crippen LogP contribution in [0.2, 0.25) is 0 Å². The molecule has 1 aromatic carbocycles. The third kappa shape index (κ3) is 2.98. The zero-order valence-electron chi connectivity index (χ0n) is 17.3.